The lowest BCUT2D eigenvalue weighted by Gasteiger charge is -2.26. The normalized spacial score (nSPS) is 24.2. The number of nitrogens with two attached hydrogens (primary N) is 1. The third kappa shape index (κ3) is 2.68. The first-order valence-electron chi connectivity index (χ1n) is 5.35. The first kappa shape index (κ1) is 13.3. The third-order valence-corrected chi connectivity index (χ3v) is 4.00. The molecule has 16 heavy (non-hydrogen) atoms. The van der Waals surface area contributed by atoms with Crippen molar-refractivity contribution in [3.63, 3.8) is 0 Å². The Balaban J connectivity index is 2.69. The Morgan fingerprint density at radius 3 is 2.75 bits per heavy atom. The van der Waals surface area contributed by atoms with Crippen LogP contribution in [-0.2, 0) is 9.59 Å². The van der Waals surface area contributed by atoms with Crippen molar-refractivity contribution < 1.29 is 14.7 Å². The summed E-state index contributed by atoms with van der Waals surface area (Å²) in [7, 11) is 0. The maximum absolute atomic E-state index is 12.0. The fourth-order valence-electron chi connectivity index (χ4n) is 1.55. The molecule has 0 spiro atoms. The molecule has 1 fully saturated rings. The predicted octanol–water partition coefficient (Wildman–Crippen LogP) is 0.346. The minimum Gasteiger partial charge on any atom is -0.480 e. The number of hydrogen-bond donors (Lipinski definition) is 2. The van der Waals surface area contributed by atoms with Gasteiger partial charge in [0, 0.05) is 5.75 Å². The number of nitrogens with zero attached hydrogens (tertiary/aromatic N) is 1. The Labute approximate surface area is 99.4 Å². The first-order chi connectivity index (χ1) is 7.49. The van der Waals surface area contributed by atoms with Crippen molar-refractivity contribution in [1.29, 1.82) is 0 Å². The van der Waals surface area contributed by atoms with E-state index in [1.54, 1.807) is 0 Å². The van der Waals surface area contributed by atoms with Crippen LogP contribution in [0.2, 0.25) is 0 Å². The molecular weight excluding hydrogens is 228 g/mol. The monoisotopic (exact) mass is 246 g/mol. The maximum atomic E-state index is 12.0. The van der Waals surface area contributed by atoms with E-state index in [9.17, 15) is 9.59 Å². The minimum atomic E-state index is -0.949. The molecule has 1 amide bonds. The van der Waals surface area contributed by atoms with Gasteiger partial charge in [0.25, 0.3) is 0 Å². The summed E-state index contributed by atoms with van der Waals surface area (Å²) in [5.74, 6) is -0.234. The van der Waals surface area contributed by atoms with Crippen molar-refractivity contribution in [1.82, 2.24) is 4.90 Å². The molecule has 0 aromatic carbocycles. The highest BCUT2D eigenvalue weighted by molar-refractivity contribution is 7.99. The van der Waals surface area contributed by atoms with Crippen LogP contribution < -0.4 is 5.73 Å². The number of carbonyl (C=O) groups is 2. The van der Waals surface area contributed by atoms with Gasteiger partial charge in [0.1, 0.15) is 6.04 Å². The molecule has 5 nitrogen and oxygen atoms in total. The van der Waals surface area contributed by atoms with Gasteiger partial charge in [-0.25, -0.2) is 4.79 Å². The van der Waals surface area contributed by atoms with Gasteiger partial charge in [-0.05, 0) is 5.92 Å². The van der Waals surface area contributed by atoms with E-state index in [1.165, 1.54) is 16.7 Å². The summed E-state index contributed by atoms with van der Waals surface area (Å²) in [6.07, 6.45) is 0.811. The Morgan fingerprint density at radius 1 is 1.62 bits per heavy atom. The third-order valence-electron chi connectivity index (χ3n) is 2.99. The molecule has 3 atom stereocenters. The molecule has 1 rings (SSSR count). The highest BCUT2D eigenvalue weighted by Gasteiger charge is 2.37. The summed E-state index contributed by atoms with van der Waals surface area (Å²) >= 11 is 1.45. The number of hydrogen-bond acceptors (Lipinski definition) is 4. The molecule has 0 aromatic heterocycles. The smallest absolute Gasteiger partial charge is 0.327 e. The van der Waals surface area contributed by atoms with E-state index >= 15 is 0 Å². The quantitative estimate of drug-likeness (QED) is 0.747. The van der Waals surface area contributed by atoms with Crippen molar-refractivity contribution in [2.45, 2.75) is 32.4 Å². The van der Waals surface area contributed by atoms with Crippen LogP contribution in [0.4, 0.5) is 0 Å². The summed E-state index contributed by atoms with van der Waals surface area (Å²) in [5.41, 5.74) is 5.82. The molecule has 0 bridgehead atoms. The largest absolute Gasteiger partial charge is 0.480 e. The van der Waals surface area contributed by atoms with Crippen molar-refractivity contribution >= 4 is 23.6 Å². The number of rotatable bonds is 4. The molecular formula is C10H18N2O3S. The molecule has 92 valence electrons. The van der Waals surface area contributed by atoms with Crippen molar-refractivity contribution in [3.8, 4) is 0 Å². The lowest BCUT2D eigenvalue weighted by Crippen LogP contribution is -2.51. The van der Waals surface area contributed by atoms with E-state index in [1.807, 2.05) is 13.8 Å². The van der Waals surface area contributed by atoms with E-state index in [4.69, 9.17) is 10.8 Å². The second kappa shape index (κ2) is 5.54. The van der Waals surface area contributed by atoms with E-state index < -0.39 is 18.1 Å². The van der Waals surface area contributed by atoms with Gasteiger partial charge in [-0.1, -0.05) is 20.3 Å². The van der Waals surface area contributed by atoms with Gasteiger partial charge >= 0.3 is 5.97 Å². The molecule has 1 saturated heterocycles. The van der Waals surface area contributed by atoms with Crippen LogP contribution in [0.1, 0.15) is 20.3 Å². The lowest BCUT2D eigenvalue weighted by atomic mass is 9.98. The standard InChI is InChI=1S/C10H18N2O3S/c1-3-6(2)8(11)9(13)12-5-16-4-7(12)10(14)15/h6-8H,3-5,11H2,1-2H3,(H,14,15). The van der Waals surface area contributed by atoms with Gasteiger partial charge in [-0.2, -0.15) is 0 Å². The second-order valence-corrected chi connectivity index (χ2v) is 5.07. The van der Waals surface area contributed by atoms with Gasteiger partial charge in [0.15, 0.2) is 0 Å². The molecule has 0 aliphatic carbocycles. The zero-order chi connectivity index (χ0) is 12.3. The number of amides is 1. The van der Waals surface area contributed by atoms with Crippen LogP contribution in [0, 0.1) is 5.92 Å². The van der Waals surface area contributed by atoms with Crippen molar-refractivity contribution in [3.05, 3.63) is 0 Å². The Bertz CT molecular complexity index is 285. The highest BCUT2D eigenvalue weighted by atomic mass is 32.2. The van der Waals surface area contributed by atoms with Gasteiger partial charge < -0.3 is 15.7 Å². The van der Waals surface area contributed by atoms with Crippen molar-refractivity contribution in [2.24, 2.45) is 11.7 Å². The Kier molecular flexibility index (Phi) is 4.61. The lowest BCUT2D eigenvalue weighted by molar-refractivity contribution is -0.148. The summed E-state index contributed by atoms with van der Waals surface area (Å²) in [6, 6.07) is -1.31. The highest BCUT2D eigenvalue weighted by Crippen LogP contribution is 2.23. The first-order valence-corrected chi connectivity index (χ1v) is 6.51. The zero-order valence-corrected chi connectivity index (χ0v) is 10.4. The molecule has 3 N–H and O–H groups in total. The van der Waals surface area contributed by atoms with Gasteiger partial charge in [0.2, 0.25) is 5.91 Å². The summed E-state index contributed by atoms with van der Waals surface area (Å²) < 4.78 is 0. The minimum absolute atomic E-state index is 0.0764. The average molecular weight is 246 g/mol. The van der Waals surface area contributed by atoms with E-state index in [0.717, 1.165) is 6.42 Å². The number of carboxylic acid groups (broad SMARTS) is 1. The van der Waals surface area contributed by atoms with E-state index in [-0.39, 0.29) is 11.8 Å². The average Bonchev–Trinajstić information content (AvgIpc) is 2.74. The zero-order valence-electron chi connectivity index (χ0n) is 9.55. The summed E-state index contributed by atoms with van der Waals surface area (Å²) in [4.78, 5) is 24.3. The fourth-order valence-corrected chi connectivity index (χ4v) is 2.71. The topological polar surface area (TPSA) is 83.6 Å². The number of carboxylic acids is 1. The molecule has 0 radical (unpaired) electrons. The van der Waals surface area contributed by atoms with Crippen LogP contribution in [0.5, 0.6) is 0 Å². The summed E-state index contributed by atoms with van der Waals surface area (Å²) in [5, 5.41) is 8.96. The van der Waals surface area contributed by atoms with Crippen LogP contribution in [-0.4, -0.2) is 45.6 Å². The molecule has 6 heteroatoms. The van der Waals surface area contributed by atoms with E-state index in [0.29, 0.717) is 11.6 Å². The number of carbonyl (C=O) groups excluding carboxylic acids is 1. The maximum Gasteiger partial charge on any atom is 0.327 e. The van der Waals surface area contributed by atoms with Gasteiger partial charge in [-0.3, -0.25) is 4.79 Å². The molecule has 3 unspecified atom stereocenters. The predicted molar refractivity (Wildman–Crippen MR) is 63.0 cm³/mol. The van der Waals surface area contributed by atoms with Crippen LogP contribution in [0.15, 0.2) is 0 Å². The SMILES string of the molecule is CCC(C)C(N)C(=O)N1CSCC1C(=O)O. The summed E-state index contributed by atoms with van der Waals surface area (Å²) in [6.45, 7) is 3.87. The number of aliphatic carboxylic acids is 1. The second-order valence-electron chi connectivity index (χ2n) is 4.07. The molecule has 1 heterocycles. The van der Waals surface area contributed by atoms with Crippen LogP contribution >= 0.6 is 11.8 Å². The van der Waals surface area contributed by atoms with Crippen LogP contribution in [0.3, 0.4) is 0 Å². The van der Waals surface area contributed by atoms with E-state index in [2.05, 4.69) is 0 Å². The van der Waals surface area contributed by atoms with Crippen LogP contribution in [0.25, 0.3) is 0 Å². The number of thioether (sulfide) groups is 1. The van der Waals surface area contributed by atoms with Gasteiger partial charge in [-0.15, -0.1) is 11.8 Å². The van der Waals surface area contributed by atoms with Crippen molar-refractivity contribution in [2.75, 3.05) is 11.6 Å². The Hall–Kier alpha value is -0.750. The van der Waals surface area contributed by atoms with Gasteiger partial charge in [0.05, 0.1) is 11.9 Å². The molecule has 0 saturated carbocycles. The fraction of sp³-hybridized carbons (Fsp3) is 0.800. The molecule has 1 aliphatic rings. The molecule has 1 aliphatic heterocycles. The Morgan fingerprint density at radius 2 is 2.25 bits per heavy atom. The molecule has 0 aromatic rings.